The van der Waals surface area contributed by atoms with Crippen LogP contribution in [0.1, 0.15) is 0 Å². The molecule has 0 spiro atoms. The molecule has 5 nitrogen and oxygen atoms in total. The van der Waals surface area contributed by atoms with Gasteiger partial charge in [-0.25, -0.2) is 15.0 Å². The van der Waals surface area contributed by atoms with Crippen LogP contribution < -0.4 is 0 Å². The second-order valence-electron chi connectivity index (χ2n) is 18.3. The third-order valence-corrected chi connectivity index (χ3v) is 14.4. The van der Waals surface area contributed by atoms with Crippen molar-refractivity contribution < 1.29 is 4.42 Å². The minimum absolute atomic E-state index is 0.584. The third kappa shape index (κ3) is 5.82. The van der Waals surface area contributed by atoms with Crippen molar-refractivity contribution in [2.75, 3.05) is 0 Å². The van der Waals surface area contributed by atoms with E-state index in [0.717, 1.165) is 93.4 Å². The molecule has 0 saturated heterocycles. The van der Waals surface area contributed by atoms with Crippen molar-refractivity contribution in [3.63, 3.8) is 0 Å². The molecule has 324 valence electrons. The van der Waals surface area contributed by atoms with Gasteiger partial charge in [-0.15, -0.1) is 0 Å². The Bertz CT molecular complexity index is 4630. The first-order chi connectivity index (χ1) is 34.7. The average molecular weight is 891 g/mol. The zero-order chi connectivity index (χ0) is 45.9. The van der Waals surface area contributed by atoms with Crippen LogP contribution in [0.5, 0.6) is 0 Å². The van der Waals surface area contributed by atoms with E-state index in [-0.39, 0.29) is 0 Å². The molecule has 0 bridgehead atoms. The predicted octanol–water partition coefficient (Wildman–Crippen LogP) is 17.3. The standard InChI is InChI=1S/C65H38N4O/c1-2-16-40-35-43(32-31-39(40)15-1)63-66-64(68-65(67-63)53-27-13-25-50-47-20-6-5-19-45(47)46-21-7-8-23-49(46)61(50)53)44-33-34-57(55(37-44)51-26-14-30-60-62(51)52-24-10-12-29-59(52)70-60)69-56-28-11-9-22-48(56)54-36-41-17-3-4-18-42(41)38-58(54)69/h1-38H. The maximum absolute atomic E-state index is 6.56. The summed E-state index contributed by atoms with van der Waals surface area (Å²) in [5.74, 6) is 1.80. The van der Waals surface area contributed by atoms with Crippen LogP contribution in [0, 0.1) is 0 Å². The number of aromatic nitrogens is 4. The maximum Gasteiger partial charge on any atom is 0.164 e. The first-order valence-electron chi connectivity index (χ1n) is 23.8. The summed E-state index contributed by atoms with van der Waals surface area (Å²) in [7, 11) is 0. The molecule has 0 N–H and O–H groups in total. The monoisotopic (exact) mass is 890 g/mol. The van der Waals surface area contributed by atoms with Gasteiger partial charge in [-0.2, -0.15) is 0 Å². The van der Waals surface area contributed by atoms with Crippen molar-refractivity contribution in [2.45, 2.75) is 0 Å². The number of para-hydroxylation sites is 2. The molecule has 0 aliphatic carbocycles. The Morgan fingerprint density at radius 2 is 0.814 bits per heavy atom. The highest BCUT2D eigenvalue weighted by atomic mass is 16.3. The van der Waals surface area contributed by atoms with Crippen molar-refractivity contribution in [3.8, 4) is 51.0 Å². The fourth-order valence-electron chi connectivity index (χ4n) is 11.2. The van der Waals surface area contributed by atoms with Gasteiger partial charge in [0.05, 0.1) is 16.7 Å². The first kappa shape index (κ1) is 38.6. The fraction of sp³-hybridized carbons (Fsp3) is 0. The summed E-state index contributed by atoms with van der Waals surface area (Å²) < 4.78 is 8.99. The Morgan fingerprint density at radius 1 is 0.286 bits per heavy atom. The van der Waals surface area contributed by atoms with Crippen LogP contribution in [0.15, 0.2) is 235 Å². The zero-order valence-electron chi connectivity index (χ0n) is 37.6. The molecule has 70 heavy (non-hydrogen) atoms. The third-order valence-electron chi connectivity index (χ3n) is 14.4. The minimum Gasteiger partial charge on any atom is -0.456 e. The second-order valence-corrected chi connectivity index (χ2v) is 18.3. The lowest BCUT2D eigenvalue weighted by Gasteiger charge is -2.17. The number of hydrogen-bond donors (Lipinski definition) is 0. The molecular formula is C65H38N4O. The molecule has 0 unspecified atom stereocenters. The van der Waals surface area contributed by atoms with Crippen LogP contribution in [-0.4, -0.2) is 19.5 Å². The number of furan rings is 1. The van der Waals surface area contributed by atoms with Gasteiger partial charge in [-0.05, 0) is 109 Å². The predicted molar refractivity (Wildman–Crippen MR) is 291 cm³/mol. The van der Waals surface area contributed by atoms with Gasteiger partial charge < -0.3 is 8.98 Å². The Balaban J connectivity index is 1.04. The molecule has 15 aromatic rings. The Hall–Kier alpha value is -9.45. The van der Waals surface area contributed by atoms with E-state index in [4.69, 9.17) is 19.4 Å². The smallest absolute Gasteiger partial charge is 0.164 e. The quantitative estimate of drug-likeness (QED) is 0.162. The summed E-state index contributed by atoms with van der Waals surface area (Å²) in [4.78, 5) is 16.3. The molecule has 0 amide bonds. The highest BCUT2D eigenvalue weighted by Gasteiger charge is 2.23. The highest BCUT2D eigenvalue weighted by molar-refractivity contribution is 6.28. The molecule has 3 heterocycles. The molecule has 3 aromatic heterocycles. The van der Waals surface area contributed by atoms with Crippen molar-refractivity contribution in [1.82, 2.24) is 19.5 Å². The van der Waals surface area contributed by atoms with E-state index < -0.39 is 0 Å². The number of hydrogen-bond acceptors (Lipinski definition) is 4. The van der Waals surface area contributed by atoms with Gasteiger partial charge in [0.1, 0.15) is 11.2 Å². The number of benzene rings is 12. The largest absolute Gasteiger partial charge is 0.456 e. The number of fused-ring (bicyclic) bond motifs is 14. The Morgan fingerprint density at radius 3 is 1.59 bits per heavy atom. The van der Waals surface area contributed by atoms with Crippen molar-refractivity contribution in [1.29, 1.82) is 0 Å². The van der Waals surface area contributed by atoms with E-state index in [9.17, 15) is 0 Å². The van der Waals surface area contributed by atoms with Crippen molar-refractivity contribution >= 4 is 97.6 Å². The molecule has 15 rings (SSSR count). The van der Waals surface area contributed by atoms with E-state index in [1.54, 1.807) is 0 Å². The van der Waals surface area contributed by atoms with Gasteiger partial charge in [-0.1, -0.05) is 176 Å². The van der Waals surface area contributed by atoms with Crippen molar-refractivity contribution in [2.24, 2.45) is 0 Å². The van der Waals surface area contributed by atoms with Crippen LogP contribution in [0.4, 0.5) is 0 Å². The van der Waals surface area contributed by atoms with E-state index >= 15 is 0 Å². The summed E-state index contributed by atoms with van der Waals surface area (Å²) in [5, 5.41) is 16.3. The molecule has 0 atom stereocenters. The molecule has 0 aliphatic heterocycles. The van der Waals surface area contributed by atoms with E-state index in [1.807, 2.05) is 6.07 Å². The van der Waals surface area contributed by atoms with Gasteiger partial charge in [-0.3, -0.25) is 0 Å². The lowest BCUT2D eigenvalue weighted by molar-refractivity contribution is 0.669. The maximum atomic E-state index is 6.56. The number of nitrogens with zero attached hydrogens (tertiary/aromatic N) is 4. The minimum atomic E-state index is 0.584. The molecule has 12 aromatic carbocycles. The Kier molecular flexibility index (Phi) is 8.29. The van der Waals surface area contributed by atoms with Crippen LogP contribution in [0.25, 0.3) is 149 Å². The topological polar surface area (TPSA) is 56.7 Å². The molecule has 0 aliphatic rings. The molecule has 0 radical (unpaired) electrons. The van der Waals surface area contributed by atoms with Gasteiger partial charge in [0.25, 0.3) is 0 Å². The first-order valence-corrected chi connectivity index (χ1v) is 23.8. The van der Waals surface area contributed by atoms with Gasteiger partial charge in [0.15, 0.2) is 17.5 Å². The van der Waals surface area contributed by atoms with Crippen LogP contribution >= 0.6 is 0 Å². The summed E-state index contributed by atoms with van der Waals surface area (Å²) in [5.41, 5.74) is 9.82. The molecule has 5 heteroatoms. The molecule has 0 saturated carbocycles. The second kappa shape index (κ2) is 15.0. The van der Waals surface area contributed by atoms with Gasteiger partial charge >= 0.3 is 0 Å². The SMILES string of the molecule is c1ccc2cc(-c3nc(-c4ccc(-n5c6ccccc6c6cc7ccccc7cc65)c(-c5cccc6oc7ccccc7c56)c4)nc(-c4cccc5c6ccccc6c6ccccc6c45)n3)ccc2c1. The molecular weight excluding hydrogens is 853 g/mol. The summed E-state index contributed by atoms with van der Waals surface area (Å²) in [6.45, 7) is 0. The highest BCUT2D eigenvalue weighted by Crippen LogP contribution is 2.45. The molecule has 0 fully saturated rings. The normalized spacial score (nSPS) is 12.0. The lowest BCUT2D eigenvalue weighted by Crippen LogP contribution is -2.02. The van der Waals surface area contributed by atoms with Crippen molar-refractivity contribution in [3.05, 3.63) is 231 Å². The lowest BCUT2D eigenvalue weighted by atomic mass is 9.91. The Labute approximate surface area is 401 Å². The fourth-order valence-corrected chi connectivity index (χ4v) is 11.2. The average Bonchev–Trinajstić information content (AvgIpc) is 3.97. The van der Waals surface area contributed by atoms with Crippen LogP contribution in [0.2, 0.25) is 0 Å². The van der Waals surface area contributed by atoms with Crippen LogP contribution in [-0.2, 0) is 0 Å². The van der Waals surface area contributed by atoms with Gasteiger partial charge in [0, 0.05) is 49.2 Å². The summed E-state index contributed by atoms with van der Waals surface area (Å²) in [6.07, 6.45) is 0. The van der Waals surface area contributed by atoms with E-state index in [0.29, 0.717) is 17.5 Å². The summed E-state index contributed by atoms with van der Waals surface area (Å²) in [6, 6.07) is 82.3. The summed E-state index contributed by atoms with van der Waals surface area (Å²) >= 11 is 0. The van der Waals surface area contributed by atoms with Crippen LogP contribution in [0.3, 0.4) is 0 Å². The van der Waals surface area contributed by atoms with Gasteiger partial charge in [0.2, 0.25) is 0 Å². The van der Waals surface area contributed by atoms with E-state index in [1.165, 1.54) is 37.7 Å². The zero-order valence-corrected chi connectivity index (χ0v) is 37.6. The number of rotatable bonds is 5. The van der Waals surface area contributed by atoms with E-state index in [2.05, 4.69) is 229 Å².